The Bertz CT molecular complexity index is 695. The molecule has 0 radical (unpaired) electrons. The van der Waals surface area contributed by atoms with Crippen molar-refractivity contribution in [3.63, 3.8) is 0 Å². The van der Waals surface area contributed by atoms with Crippen LogP contribution in [-0.2, 0) is 0 Å². The largest absolute Gasteiger partial charge is 0.354 e. The van der Waals surface area contributed by atoms with Gasteiger partial charge in [0.1, 0.15) is 0 Å². The third-order valence-electron chi connectivity index (χ3n) is 2.62. The fourth-order valence-corrected chi connectivity index (χ4v) is 1.93. The molecule has 0 atom stereocenters. The SMILES string of the molecule is N=c1cccc2c(c1)[nH]c1ccccc12. The Kier molecular flexibility index (Phi) is 1.62. The highest BCUT2D eigenvalue weighted by Crippen LogP contribution is 2.22. The van der Waals surface area contributed by atoms with E-state index in [0.29, 0.717) is 5.36 Å². The lowest BCUT2D eigenvalue weighted by atomic mass is 10.2. The maximum absolute atomic E-state index is 7.65. The Morgan fingerprint density at radius 2 is 1.53 bits per heavy atom. The maximum Gasteiger partial charge on any atom is 0.0560 e. The molecule has 0 aliphatic rings. The van der Waals surface area contributed by atoms with Crippen molar-refractivity contribution in [3.05, 3.63) is 53.9 Å². The van der Waals surface area contributed by atoms with Gasteiger partial charge in [-0.15, -0.1) is 0 Å². The summed E-state index contributed by atoms with van der Waals surface area (Å²) in [4.78, 5) is 3.32. The molecule has 0 bridgehead atoms. The smallest absolute Gasteiger partial charge is 0.0560 e. The van der Waals surface area contributed by atoms with Gasteiger partial charge in [0.25, 0.3) is 0 Å². The van der Waals surface area contributed by atoms with Crippen molar-refractivity contribution in [2.75, 3.05) is 0 Å². The number of hydrogen-bond acceptors (Lipinski definition) is 1. The molecule has 1 heterocycles. The summed E-state index contributed by atoms with van der Waals surface area (Å²) in [6.45, 7) is 0. The van der Waals surface area contributed by atoms with Crippen LogP contribution >= 0.6 is 0 Å². The number of hydrogen-bond donors (Lipinski definition) is 2. The number of aromatic nitrogens is 1. The van der Waals surface area contributed by atoms with E-state index >= 15 is 0 Å². The molecule has 1 aromatic heterocycles. The van der Waals surface area contributed by atoms with E-state index in [1.165, 1.54) is 10.8 Å². The van der Waals surface area contributed by atoms with Crippen LogP contribution in [0.25, 0.3) is 21.8 Å². The van der Waals surface area contributed by atoms with Crippen molar-refractivity contribution in [3.8, 4) is 0 Å². The van der Waals surface area contributed by atoms with Gasteiger partial charge in [0, 0.05) is 21.8 Å². The minimum absolute atomic E-state index is 0.525. The minimum atomic E-state index is 0.525. The molecule has 3 rings (SSSR count). The molecule has 0 unspecified atom stereocenters. The fourth-order valence-electron chi connectivity index (χ4n) is 1.93. The number of benzene rings is 1. The van der Waals surface area contributed by atoms with Crippen LogP contribution in [0, 0.1) is 5.41 Å². The van der Waals surface area contributed by atoms with Crippen molar-refractivity contribution in [1.29, 1.82) is 5.41 Å². The summed E-state index contributed by atoms with van der Waals surface area (Å²) < 4.78 is 0. The molecule has 72 valence electrons. The molecule has 0 amide bonds. The van der Waals surface area contributed by atoms with Gasteiger partial charge in [-0.05, 0) is 18.2 Å². The van der Waals surface area contributed by atoms with Crippen LogP contribution < -0.4 is 5.36 Å². The number of aromatic amines is 1. The minimum Gasteiger partial charge on any atom is -0.354 e. The van der Waals surface area contributed by atoms with Crippen LogP contribution in [0.3, 0.4) is 0 Å². The monoisotopic (exact) mass is 194 g/mol. The quantitative estimate of drug-likeness (QED) is 0.552. The zero-order chi connectivity index (χ0) is 10.3. The Morgan fingerprint density at radius 3 is 2.47 bits per heavy atom. The topological polar surface area (TPSA) is 39.6 Å². The molecule has 0 aliphatic heterocycles. The molecule has 2 heteroatoms. The second kappa shape index (κ2) is 2.95. The number of nitrogens with one attached hydrogen (secondary N) is 2. The first kappa shape index (κ1) is 8.24. The normalized spacial score (nSPS) is 10.9. The summed E-state index contributed by atoms with van der Waals surface area (Å²) in [5, 5.41) is 10.6. The van der Waals surface area contributed by atoms with Crippen molar-refractivity contribution >= 4 is 21.8 Å². The van der Waals surface area contributed by atoms with E-state index in [0.717, 1.165) is 11.0 Å². The van der Waals surface area contributed by atoms with Gasteiger partial charge in [0.2, 0.25) is 0 Å². The van der Waals surface area contributed by atoms with Crippen LogP contribution in [0.5, 0.6) is 0 Å². The standard InChI is InChI=1S/C13H10N2/c14-9-4-3-6-11-10-5-1-2-7-12(10)15-13(11)8-9/h1-8,14-15H. The van der Waals surface area contributed by atoms with E-state index in [-0.39, 0.29) is 0 Å². The maximum atomic E-state index is 7.65. The molecular formula is C13H10N2. The van der Waals surface area contributed by atoms with Crippen LogP contribution in [0.1, 0.15) is 0 Å². The third-order valence-corrected chi connectivity index (χ3v) is 2.62. The Labute approximate surface area is 86.7 Å². The Morgan fingerprint density at radius 1 is 0.800 bits per heavy atom. The predicted molar refractivity (Wildman–Crippen MR) is 61.7 cm³/mol. The van der Waals surface area contributed by atoms with Crippen molar-refractivity contribution in [2.24, 2.45) is 0 Å². The van der Waals surface area contributed by atoms with Gasteiger partial charge in [0.05, 0.1) is 5.36 Å². The van der Waals surface area contributed by atoms with Gasteiger partial charge in [-0.3, -0.25) is 0 Å². The van der Waals surface area contributed by atoms with Gasteiger partial charge < -0.3 is 10.4 Å². The second-order valence-corrected chi connectivity index (χ2v) is 3.62. The lowest BCUT2D eigenvalue weighted by Crippen LogP contribution is -1.89. The average molecular weight is 194 g/mol. The fraction of sp³-hybridized carbons (Fsp3) is 0. The van der Waals surface area contributed by atoms with Gasteiger partial charge >= 0.3 is 0 Å². The van der Waals surface area contributed by atoms with Crippen LogP contribution in [0.4, 0.5) is 0 Å². The molecule has 3 aromatic rings. The van der Waals surface area contributed by atoms with E-state index in [9.17, 15) is 0 Å². The zero-order valence-corrected chi connectivity index (χ0v) is 8.12. The Balaban J connectivity index is 2.64. The molecule has 15 heavy (non-hydrogen) atoms. The molecule has 0 saturated carbocycles. The number of H-pyrrole nitrogens is 1. The summed E-state index contributed by atoms with van der Waals surface area (Å²) in [5.74, 6) is 0. The second-order valence-electron chi connectivity index (χ2n) is 3.62. The van der Waals surface area contributed by atoms with Gasteiger partial charge in [-0.2, -0.15) is 0 Å². The molecule has 2 nitrogen and oxygen atoms in total. The highest BCUT2D eigenvalue weighted by Gasteiger charge is 2.00. The van der Waals surface area contributed by atoms with E-state index in [1.54, 1.807) is 6.07 Å². The first-order valence-corrected chi connectivity index (χ1v) is 4.90. The van der Waals surface area contributed by atoms with Gasteiger partial charge in [-0.25, -0.2) is 0 Å². The van der Waals surface area contributed by atoms with Gasteiger partial charge in [0.15, 0.2) is 0 Å². The number of fused-ring (bicyclic) bond motifs is 3. The van der Waals surface area contributed by atoms with Crippen LogP contribution in [0.15, 0.2) is 48.5 Å². The van der Waals surface area contributed by atoms with Crippen LogP contribution in [0.2, 0.25) is 0 Å². The predicted octanol–water partition coefficient (Wildman–Crippen LogP) is 2.80. The van der Waals surface area contributed by atoms with E-state index in [2.05, 4.69) is 17.1 Å². The van der Waals surface area contributed by atoms with E-state index in [1.807, 2.05) is 30.3 Å². The summed E-state index contributed by atoms with van der Waals surface area (Å²) >= 11 is 0. The first-order chi connectivity index (χ1) is 7.34. The van der Waals surface area contributed by atoms with Crippen molar-refractivity contribution < 1.29 is 0 Å². The summed E-state index contributed by atoms with van der Waals surface area (Å²) in [6, 6.07) is 15.8. The molecular weight excluding hydrogens is 184 g/mol. The summed E-state index contributed by atoms with van der Waals surface area (Å²) in [6.07, 6.45) is 0. The highest BCUT2D eigenvalue weighted by molar-refractivity contribution is 6.06. The molecule has 0 saturated heterocycles. The highest BCUT2D eigenvalue weighted by atomic mass is 14.7. The van der Waals surface area contributed by atoms with E-state index in [4.69, 9.17) is 5.41 Å². The lowest BCUT2D eigenvalue weighted by molar-refractivity contribution is 1.29. The zero-order valence-electron chi connectivity index (χ0n) is 8.12. The average Bonchev–Trinajstić information content (AvgIpc) is 2.46. The molecule has 0 spiro atoms. The first-order valence-electron chi connectivity index (χ1n) is 4.90. The lowest BCUT2D eigenvalue weighted by Gasteiger charge is -1.85. The van der Waals surface area contributed by atoms with Crippen molar-refractivity contribution in [2.45, 2.75) is 0 Å². The number of para-hydroxylation sites is 1. The summed E-state index contributed by atoms with van der Waals surface area (Å²) in [7, 11) is 0. The molecule has 2 N–H and O–H groups in total. The van der Waals surface area contributed by atoms with Crippen molar-refractivity contribution in [1.82, 2.24) is 4.98 Å². The van der Waals surface area contributed by atoms with E-state index < -0.39 is 0 Å². The molecule has 0 aliphatic carbocycles. The molecule has 2 aromatic carbocycles. The summed E-state index contributed by atoms with van der Waals surface area (Å²) in [5.41, 5.74) is 2.14. The van der Waals surface area contributed by atoms with Crippen LogP contribution in [-0.4, -0.2) is 4.98 Å². The number of rotatable bonds is 0. The van der Waals surface area contributed by atoms with Gasteiger partial charge in [-0.1, -0.05) is 30.3 Å². The third kappa shape index (κ3) is 1.22. The Hall–Kier alpha value is -2.09. The molecule has 0 fully saturated rings.